The van der Waals surface area contributed by atoms with Gasteiger partial charge in [0.05, 0.1) is 0 Å². The Morgan fingerprint density at radius 2 is 1.57 bits per heavy atom. The first-order valence-corrected chi connectivity index (χ1v) is 5.98. The van der Waals surface area contributed by atoms with Crippen molar-refractivity contribution in [3.63, 3.8) is 0 Å². The van der Waals surface area contributed by atoms with Gasteiger partial charge in [-0.2, -0.15) is 0 Å². The molecule has 40 valence electrons. The first-order chi connectivity index (χ1) is 3.30. The summed E-state index contributed by atoms with van der Waals surface area (Å²) in [6.45, 7) is 4.78. The van der Waals surface area contributed by atoms with Crippen LogP contribution < -0.4 is 0 Å². The Morgan fingerprint density at radius 3 is 1.71 bits per heavy atom. The van der Waals surface area contributed by atoms with Crippen LogP contribution in [-0.4, -0.2) is 15.4 Å². The van der Waals surface area contributed by atoms with E-state index in [1.807, 2.05) is 0 Å². The topological polar surface area (TPSA) is 0 Å². The second kappa shape index (κ2) is 2.21. The van der Waals surface area contributed by atoms with Crippen LogP contribution in [-0.2, 0) is 0 Å². The maximum atomic E-state index is 2.39. The van der Waals surface area contributed by atoms with Crippen LogP contribution in [0.4, 0.5) is 0 Å². The van der Waals surface area contributed by atoms with Gasteiger partial charge in [-0.25, -0.2) is 0 Å². The van der Waals surface area contributed by atoms with Gasteiger partial charge in [0, 0.05) is 0 Å². The van der Waals surface area contributed by atoms with Gasteiger partial charge in [-0.3, -0.25) is 0 Å². The minimum atomic E-state index is 0.551. The molecule has 1 rings (SSSR count). The molecule has 0 aromatic heterocycles. The van der Waals surface area contributed by atoms with Crippen LogP contribution in [0.5, 0.6) is 0 Å². The molecule has 2 atom stereocenters. The molecule has 0 aromatic rings. The Bertz CT molecular complexity index is 53.2. The van der Waals surface area contributed by atoms with Gasteiger partial charge in [-0.1, -0.05) is 0 Å². The van der Waals surface area contributed by atoms with Gasteiger partial charge in [-0.15, -0.1) is 0 Å². The fourth-order valence-electron chi connectivity index (χ4n) is 0.941. The Balaban J connectivity index is 2.33. The van der Waals surface area contributed by atoms with Gasteiger partial charge < -0.3 is 0 Å². The van der Waals surface area contributed by atoms with Gasteiger partial charge in [-0.05, 0) is 0 Å². The first-order valence-electron chi connectivity index (χ1n) is 3.01. The van der Waals surface area contributed by atoms with Crippen LogP contribution in [0.3, 0.4) is 0 Å². The zero-order valence-electron chi connectivity index (χ0n) is 5.07. The van der Waals surface area contributed by atoms with Crippen LogP contribution >= 0.6 is 0 Å². The van der Waals surface area contributed by atoms with Gasteiger partial charge in [0.1, 0.15) is 0 Å². The normalized spacial score (nSPS) is 42.0. The van der Waals surface area contributed by atoms with Crippen molar-refractivity contribution in [3.05, 3.63) is 0 Å². The van der Waals surface area contributed by atoms with E-state index in [2.05, 4.69) is 13.8 Å². The molecular formula is C6H12Ge. The average molecular weight is 157 g/mol. The quantitative estimate of drug-likeness (QED) is 0.470. The number of rotatable bonds is 0. The third-order valence-electron chi connectivity index (χ3n) is 1.90. The van der Waals surface area contributed by atoms with Gasteiger partial charge >= 0.3 is 51.6 Å². The van der Waals surface area contributed by atoms with E-state index in [1.165, 1.54) is 0 Å². The molecule has 0 N–H and O–H groups in total. The summed E-state index contributed by atoms with van der Waals surface area (Å²) < 4.78 is 0. The molecule has 2 unspecified atom stereocenters. The van der Waals surface area contributed by atoms with Gasteiger partial charge in [0.2, 0.25) is 0 Å². The Morgan fingerprint density at radius 1 is 1.14 bits per heavy atom. The number of hydrogen-bond acceptors (Lipinski definition) is 0. The predicted molar refractivity (Wildman–Crippen MR) is 33.7 cm³/mol. The van der Waals surface area contributed by atoms with E-state index in [1.54, 1.807) is 10.5 Å². The molecule has 1 heterocycles. The van der Waals surface area contributed by atoms with Crippen molar-refractivity contribution in [2.45, 2.75) is 24.4 Å². The van der Waals surface area contributed by atoms with E-state index < -0.39 is 0 Å². The van der Waals surface area contributed by atoms with E-state index in [4.69, 9.17) is 0 Å². The minimum absolute atomic E-state index is 0.551. The SMILES string of the molecule is CC1[CH2][Ge][CH2]C1C. The van der Waals surface area contributed by atoms with E-state index in [0.717, 1.165) is 11.8 Å². The second-order valence-electron chi connectivity index (χ2n) is 2.61. The molecule has 2 radical (unpaired) electrons. The molecule has 1 saturated heterocycles. The average Bonchev–Trinajstić information content (AvgIpc) is 1.91. The maximum absolute atomic E-state index is 2.39. The van der Waals surface area contributed by atoms with E-state index in [0.29, 0.717) is 15.4 Å². The third kappa shape index (κ3) is 1.21. The number of hydrogen-bond donors (Lipinski definition) is 0. The molecule has 0 saturated carbocycles. The molecule has 1 heteroatoms. The molecule has 0 aliphatic carbocycles. The Kier molecular flexibility index (Phi) is 1.79. The van der Waals surface area contributed by atoms with Crippen LogP contribution in [0, 0.1) is 11.8 Å². The molecule has 7 heavy (non-hydrogen) atoms. The van der Waals surface area contributed by atoms with Crippen molar-refractivity contribution in [1.82, 2.24) is 0 Å². The summed E-state index contributed by atoms with van der Waals surface area (Å²) in [4.78, 5) is 0. The van der Waals surface area contributed by atoms with Gasteiger partial charge in [0.25, 0.3) is 0 Å². The van der Waals surface area contributed by atoms with E-state index >= 15 is 0 Å². The standard InChI is InChI=1S/C6H12Ge/c1-5-3-7-4-6(5)2/h5-6H,3-4H2,1-2H3. The monoisotopic (exact) mass is 158 g/mol. The fraction of sp³-hybridized carbons (Fsp3) is 1.00. The van der Waals surface area contributed by atoms with Crippen LogP contribution in [0.1, 0.15) is 13.8 Å². The molecule has 1 aliphatic rings. The summed E-state index contributed by atoms with van der Waals surface area (Å²) in [5, 5.41) is 3.20. The van der Waals surface area contributed by atoms with Crippen molar-refractivity contribution in [2.75, 3.05) is 0 Å². The van der Waals surface area contributed by atoms with Crippen LogP contribution in [0.25, 0.3) is 0 Å². The zero-order chi connectivity index (χ0) is 5.28. The first kappa shape index (κ1) is 5.68. The summed E-state index contributed by atoms with van der Waals surface area (Å²) in [7, 11) is 0. The van der Waals surface area contributed by atoms with E-state index in [9.17, 15) is 0 Å². The molecular weight excluding hydrogens is 145 g/mol. The van der Waals surface area contributed by atoms with Crippen molar-refractivity contribution in [1.29, 1.82) is 0 Å². The Labute approximate surface area is 52.2 Å². The summed E-state index contributed by atoms with van der Waals surface area (Å²) in [5.74, 6) is 2.14. The second-order valence-corrected chi connectivity index (χ2v) is 5.37. The zero-order valence-corrected chi connectivity index (χ0v) is 7.17. The summed E-state index contributed by atoms with van der Waals surface area (Å²) in [5.41, 5.74) is 0. The van der Waals surface area contributed by atoms with Crippen molar-refractivity contribution in [3.8, 4) is 0 Å². The van der Waals surface area contributed by atoms with Crippen LogP contribution in [0.2, 0.25) is 10.5 Å². The fourth-order valence-corrected chi connectivity index (χ4v) is 4.89. The molecule has 0 amide bonds. The molecule has 0 nitrogen and oxygen atoms in total. The van der Waals surface area contributed by atoms with E-state index in [-0.39, 0.29) is 0 Å². The van der Waals surface area contributed by atoms with Gasteiger partial charge in [0.15, 0.2) is 0 Å². The van der Waals surface area contributed by atoms with Crippen molar-refractivity contribution >= 4 is 15.4 Å². The summed E-state index contributed by atoms with van der Waals surface area (Å²) >= 11 is 0.551. The summed E-state index contributed by atoms with van der Waals surface area (Å²) in [6.07, 6.45) is 0. The molecule has 0 bridgehead atoms. The van der Waals surface area contributed by atoms with Crippen LogP contribution in [0.15, 0.2) is 0 Å². The Hall–Kier alpha value is 0.543. The third-order valence-corrected chi connectivity index (χ3v) is 5.82. The predicted octanol–water partition coefficient (Wildman–Crippen LogP) is 1.81. The molecule has 0 spiro atoms. The molecule has 1 fully saturated rings. The molecule has 1 aliphatic heterocycles. The van der Waals surface area contributed by atoms with Crippen molar-refractivity contribution in [2.24, 2.45) is 11.8 Å². The summed E-state index contributed by atoms with van der Waals surface area (Å²) in [6, 6.07) is 0. The van der Waals surface area contributed by atoms with Crippen molar-refractivity contribution < 1.29 is 0 Å². The molecule has 0 aromatic carbocycles.